The van der Waals surface area contributed by atoms with E-state index in [1.54, 1.807) is 6.20 Å². The van der Waals surface area contributed by atoms with Gasteiger partial charge in [0.2, 0.25) is 5.88 Å². The molecule has 0 saturated carbocycles. The first-order valence-electron chi connectivity index (χ1n) is 5.72. The number of benzene rings is 1. The molecule has 4 heteroatoms. The first-order valence-corrected chi connectivity index (χ1v) is 6.51. The van der Waals surface area contributed by atoms with E-state index >= 15 is 0 Å². The topological polar surface area (TPSA) is 48.1 Å². The fraction of sp³-hybridized carbons (Fsp3) is 0.214. The zero-order valence-corrected chi connectivity index (χ0v) is 11.9. The van der Waals surface area contributed by atoms with Crippen molar-refractivity contribution in [1.82, 2.24) is 4.98 Å². The van der Waals surface area contributed by atoms with E-state index in [1.807, 2.05) is 44.2 Å². The Hall–Kier alpha value is -1.39. The maximum atomic E-state index is 5.84. The largest absolute Gasteiger partial charge is 0.439 e. The maximum absolute atomic E-state index is 5.84. The lowest BCUT2D eigenvalue weighted by Crippen LogP contribution is -2.05. The summed E-state index contributed by atoms with van der Waals surface area (Å²) in [5.74, 6) is 1.36. The van der Waals surface area contributed by atoms with Gasteiger partial charge in [0.05, 0.1) is 0 Å². The van der Waals surface area contributed by atoms with Crippen molar-refractivity contribution in [3.8, 4) is 11.6 Å². The minimum atomic E-state index is -0.0265. The molecule has 0 aliphatic carbocycles. The summed E-state index contributed by atoms with van der Waals surface area (Å²) in [4.78, 5) is 4.19. The molecule has 1 atom stereocenters. The highest BCUT2D eigenvalue weighted by molar-refractivity contribution is 9.10. The molecule has 0 bridgehead atoms. The van der Waals surface area contributed by atoms with Crippen LogP contribution in [0.3, 0.4) is 0 Å². The fourth-order valence-corrected chi connectivity index (χ4v) is 2.08. The monoisotopic (exact) mass is 306 g/mol. The Kier molecular flexibility index (Phi) is 3.99. The van der Waals surface area contributed by atoms with Gasteiger partial charge in [0, 0.05) is 22.8 Å². The zero-order chi connectivity index (χ0) is 13.1. The lowest BCUT2D eigenvalue weighted by atomic mass is 10.1. The molecule has 1 unspecified atom stereocenters. The summed E-state index contributed by atoms with van der Waals surface area (Å²) < 4.78 is 6.80. The summed E-state index contributed by atoms with van der Waals surface area (Å²) in [7, 11) is 0. The summed E-state index contributed by atoms with van der Waals surface area (Å²) in [6.07, 6.45) is 1.71. The van der Waals surface area contributed by atoms with Gasteiger partial charge in [0.25, 0.3) is 0 Å². The second-order valence-corrected chi connectivity index (χ2v) is 5.14. The van der Waals surface area contributed by atoms with Gasteiger partial charge in [0.1, 0.15) is 5.75 Å². The standard InChI is InChI=1S/C14H15BrN2O/c1-9-7-12(15)3-4-13(9)18-14-8-11(10(2)16)5-6-17-14/h3-8,10H,16H2,1-2H3. The fourth-order valence-electron chi connectivity index (χ4n) is 1.60. The van der Waals surface area contributed by atoms with E-state index in [0.717, 1.165) is 21.3 Å². The molecule has 2 aromatic rings. The highest BCUT2D eigenvalue weighted by Gasteiger charge is 2.05. The Labute approximate surface area is 115 Å². The van der Waals surface area contributed by atoms with Crippen molar-refractivity contribution in [2.45, 2.75) is 19.9 Å². The molecule has 0 aliphatic heterocycles. The van der Waals surface area contributed by atoms with Crippen LogP contribution in [0.4, 0.5) is 0 Å². The van der Waals surface area contributed by atoms with Crippen molar-refractivity contribution in [2.24, 2.45) is 5.73 Å². The van der Waals surface area contributed by atoms with Crippen molar-refractivity contribution >= 4 is 15.9 Å². The van der Waals surface area contributed by atoms with Crippen molar-refractivity contribution < 1.29 is 4.74 Å². The van der Waals surface area contributed by atoms with Gasteiger partial charge in [-0.3, -0.25) is 0 Å². The average Bonchev–Trinajstić information content (AvgIpc) is 2.33. The highest BCUT2D eigenvalue weighted by Crippen LogP contribution is 2.27. The molecule has 2 N–H and O–H groups in total. The molecule has 2 rings (SSSR count). The molecule has 3 nitrogen and oxygen atoms in total. The van der Waals surface area contributed by atoms with Crippen LogP contribution in [0.2, 0.25) is 0 Å². The predicted molar refractivity (Wildman–Crippen MR) is 75.8 cm³/mol. The molecule has 94 valence electrons. The predicted octanol–water partition coefficient (Wildman–Crippen LogP) is 3.96. The number of nitrogens with two attached hydrogens (primary N) is 1. The Morgan fingerprint density at radius 2 is 2.06 bits per heavy atom. The molecule has 1 aromatic carbocycles. The maximum Gasteiger partial charge on any atom is 0.219 e. The first kappa shape index (κ1) is 13.1. The van der Waals surface area contributed by atoms with Gasteiger partial charge in [-0.05, 0) is 49.2 Å². The zero-order valence-electron chi connectivity index (χ0n) is 10.4. The third-order valence-electron chi connectivity index (χ3n) is 2.64. The molecule has 0 aliphatic rings. The van der Waals surface area contributed by atoms with Crippen LogP contribution in [-0.2, 0) is 0 Å². The minimum absolute atomic E-state index is 0.0265. The molecule has 0 saturated heterocycles. The summed E-state index contributed by atoms with van der Waals surface area (Å²) >= 11 is 3.42. The number of halogens is 1. The van der Waals surface area contributed by atoms with E-state index in [9.17, 15) is 0 Å². The Morgan fingerprint density at radius 3 is 2.72 bits per heavy atom. The van der Waals surface area contributed by atoms with Gasteiger partial charge in [0.15, 0.2) is 0 Å². The molecule has 0 radical (unpaired) electrons. The van der Waals surface area contributed by atoms with Gasteiger partial charge in [-0.15, -0.1) is 0 Å². The number of rotatable bonds is 3. The van der Waals surface area contributed by atoms with Crippen LogP contribution in [0.5, 0.6) is 11.6 Å². The molecule has 18 heavy (non-hydrogen) atoms. The van der Waals surface area contributed by atoms with E-state index < -0.39 is 0 Å². The van der Waals surface area contributed by atoms with E-state index in [4.69, 9.17) is 10.5 Å². The van der Waals surface area contributed by atoms with Crippen LogP contribution in [-0.4, -0.2) is 4.98 Å². The Balaban J connectivity index is 2.25. The van der Waals surface area contributed by atoms with Crippen molar-refractivity contribution in [2.75, 3.05) is 0 Å². The summed E-state index contributed by atoms with van der Waals surface area (Å²) in [5.41, 5.74) is 7.90. The third-order valence-corrected chi connectivity index (χ3v) is 3.13. The van der Waals surface area contributed by atoms with Crippen molar-refractivity contribution in [1.29, 1.82) is 0 Å². The molecular formula is C14H15BrN2O. The number of aryl methyl sites for hydroxylation is 1. The van der Waals surface area contributed by atoms with Crippen LogP contribution >= 0.6 is 15.9 Å². The highest BCUT2D eigenvalue weighted by atomic mass is 79.9. The summed E-state index contributed by atoms with van der Waals surface area (Å²) in [6, 6.07) is 9.60. The van der Waals surface area contributed by atoms with E-state index in [1.165, 1.54) is 0 Å². The normalized spacial score (nSPS) is 12.2. The van der Waals surface area contributed by atoms with E-state index in [0.29, 0.717) is 5.88 Å². The second kappa shape index (κ2) is 5.50. The lowest BCUT2D eigenvalue weighted by molar-refractivity contribution is 0.458. The van der Waals surface area contributed by atoms with Gasteiger partial charge in [-0.1, -0.05) is 15.9 Å². The van der Waals surface area contributed by atoms with Gasteiger partial charge < -0.3 is 10.5 Å². The van der Waals surface area contributed by atoms with Crippen molar-refractivity contribution in [3.05, 3.63) is 52.1 Å². The molecule has 0 fully saturated rings. The number of nitrogens with zero attached hydrogens (tertiary/aromatic N) is 1. The van der Waals surface area contributed by atoms with Crippen LogP contribution in [0, 0.1) is 6.92 Å². The summed E-state index contributed by atoms with van der Waals surface area (Å²) in [6.45, 7) is 3.93. The second-order valence-electron chi connectivity index (χ2n) is 4.23. The van der Waals surface area contributed by atoms with Gasteiger partial charge in [-0.2, -0.15) is 0 Å². The van der Waals surface area contributed by atoms with Crippen LogP contribution < -0.4 is 10.5 Å². The lowest BCUT2D eigenvalue weighted by Gasteiger charge is -2.10. The molecule has 0 spiro atoms. The third kappa shape index (κ3) is 3.09. The first-order chi connectivity index (χ1) is 8.56. The van der Waals surface area contributed by atoms with Crippen molar-refractivity contribution in [3.63, 3.8) is 0 Å². The quantitative estimate of drug-likeness (QED) is 0.933. The van der Waals surface area contributed by atoms with Crippen LogP contribution in [0.1, 0.15) is 24.1 Å². The average molecular weight is 307 g/mol. The number of aromatic nitrogens is 1. The van der Waals surface area contributed by atoms with E-state index in [2.05, 4.69) is 20.9 Å². The SMILES string of the molecule is Cc1cc(Br)ccc1Oc1cc(C(C)N)ccn1. The Morgan fingerprint density at radius 1 is 1.28 bits per heavy atom. The molecule has 0 amide bonds. The van der Waals surface area contributed by atoms with Gasteiger partial charge in [-0.25, -0.2) is 4.98 Å². The molecule has 1 heterocycles. The van der Waals surface area contributed by atoms with Gasteiger partial charge >= 0.3 is 0 Å². The van der Waals surface area contributed by atoms with E-state index in [-0.39, 0.29) is 6.04 Å². The smallest absolute Gasteiger partial charge is 0.219 e. The minimum Gasteiger partial charge on any atom is -0.439 e. The number of ether oxygens (including phenoxy) is 1. The van der Waals surface area contributed by atoms with Crippen LogP contribution in [0.15, 0.2) is 41.0 Å². The number of hydrogen-bond acceptors (Lipinski definition) is 3. The number of hydrogen-bond donors (Lipinski definition) is 1. The summed E-state index contributed by atoms with van der Waals surface area (Å²) in [5, 5.41) is 0. The molecular weight excluding hydrogens is 292 g/mol. The molecule has 1 aromatic heterocycles. The van der Waals surface area contributed by atoms with Crippen LogP contribution in [0.25, 0.3) is 0 Å². The Bertz CT molecular complexity index is 555. The number of pyridine rings is 1.